The lowest BCUT2D eigenvalue weighted by molar-refractivity contribution is -0.130. The van der Waals surface area contributed by atoms with Gasteiger partial charge in [-0.05, 0) is 19.0 Å². The molecule has 1 amide bonds. The van der Waals surface area contributed by atoms with Crippen molar-refractivity contribution in [2.75, 3.05) is 40.3 Å². The van der Waals surface area contributed by atoms with E-state index in [1.54, 1.807) is 19.0 Å². The molecule has 0 heterocycles. The van der Waals surface area contributed by atoms with Gasteiger partial charge in [0.25, 0.3) is 0 Å². The van der Waals surface area contributed by atoms with Crippen molar-refractivity contribution >= 4 is 5.91 Å². The van der Waals surface area contributed by atoms with Gasteiger partial charge in [0.2, 0.25) is 5.91 Å². The number of benzene rings is 1. The predicted octanol–water partition coefficient (Wildman–Crippen LogP) is 1.32. The number of nitrogens with two attached hydrogens (primary N) is 1. The molecule has 0 aliphatic heterocycles. The lowest BCUT2D eigenvalue weighted by atomic mass is 10.2. The number of nitrogens with zero attached hydrogens (tertiary/aromatic N) is 2. The highest BCUT2D eigenvalue weighted by molar-refractivity contribution is 5.77. The van der Waals surface area contributed by atoms with Crippen LogP contribution in [0, 0.1) is 0 Å². The summed E-state index contributed by atoms with van der Waals surface area (Å²) >= 11 is 0. The summed E-state index contributed by atoms with van der Waals surface area (Å²) in [6, 6.07) is 7.79. The molecule has 0 aliphatic carbocycles. The highest BCUT2D eigenvalue weighted by atomic mass is 16.5. The number of amides is 1. The first-order chi connectivity index (χ1) is 10.1. The van der Waals surface area contributed by atoms with E-state index >= 15 is 0 Å². The molecule has 0 saturated carbocycles. The zero-order valence-corrected chi connectivity index (χ0v) is 13.3. The molecule has 0 fully saturated rings. The third-order valence-electron chi connectivity index (χ3n) is 3.26. The standard InChI is InChI=1S/C16H27N3O2/c1-4-9-19(13-16(20)18(2)3)10-11-21-15-8-6-5-7-14(15)12-17/h5-8H,4,9-13,17H2,1-3H3. The largest absolute Gasteiger partial charge is 0.492 e. The lowest BCUT2D eigenvalue weighted by Gasteiger charge is -2.23. The van der Waals surface area contributed by atoms with Crippen LogP contribution in [0.4, 0.5) is 0 Å². The number of carbonyl (C=O) groups is 1. The number of likely N-dealkylation sites (N-methyl/N-ethyl adjacent to an activating group) is 1. The summed E-state index contributed by atoms with van der Waals surface area (Å²) in [7, 11) is 3.56. The van der Waals surface area contributed by atoms with Gasteiger partial charge in [-0.25, -0.2) is 0 Å². The van der Waals surface area contributed by atoms with E-state index in [0.717, 1.165) is 30.8 Å². The minimum atomic E-state index is 0.116. The average Bonchev–Trinajstić information content (AvgIpc) is 2.47. The number of ether oxygens (including phenoxy) is 1. The SMILES string of the molecule is CCCN(CCOc1ccccc1CN)CC(=O)N(C)C. The average molecular weight is 293 g/mol. The Balaban J connectivity index is 2.48. The van der Waals surface area contributed by atoms with Crippen LogP contribution in [0.1, 0.15) is 18.9 Å². The lowest BCUT2D eigenvalue weighted by Crippen LogP contribution is -2.39. The summed E-state index contributed by atoms with van der Waals surface area (Å²) in [6.45, 7) is 5.18. The van der Waals surface area contributed by atoms with E-state index in [2.05, 4.69) is 11.8 Å². The Labute approximate surface area is 127 Å². The molecule has 0 aliphatic rings. The van der Waals surface area contributed by atoms with E-state index in [1.807, 2.05) is 24.3 Å². The van der Waals surface area contributed by atoms with E-state index in [-0.39, 0.29) is 5.91 Å². The molecular formula is C16H27N3O2. The van der Waals surface area contributed by atoms with E-state index in [4.69, 9.17) is 10.5 Å². The smallest absolute Gasteiger partial charge is 0.236 e. The van der Waals surface area contributed by atoms with Crippen LogP contribution in [0.5, 0.6) is 5.75 Å². The molecule has 0 saturated heterocycles. The van der Waals surface area contributed by atoms with Crippen LogP contribution in [0.2, 0.25) is 0 Å². The summed E-state index contributed by atoms with van der Waals surface area (Å²) in [5, 5.41) is 0. The predicted molar refractivity (Wildman–Crippen MR) is 85.3 cm³/mol. The van der Waals surface area contributed by atoms with Crippen molar-refractivity contribution < 1.29 is 9.53 Å². The Morgan fingerprint density at radius 3 is 2.57 bits per heavy atom. The van der Waals surface area contributed by atoms with Gasteiger partial charge in [-0.2, -0.15) is 0 Å². The van der Waals surface area contributed by atoms with Gasteiger partial charge in [-0.15, -0.1) is 0 Å². The molecule has 0 unspecified atom stereocenters. The molecule has 5 heteroatoms. The Morgan fingerprint density at radius 1 is 1.24 bits per heavy atom. The van der Waals surface area contributed by atoms with Gasteiger partial charge in [-0.3, -0.25) is 9.69 Å². The van der Waals surface area contributed by atoms with Crippen molar-refractivity contribution in [3.8, 4) is 5.75 Å². The van der Waals surface area contributed by atoms with Crippen LogP contribution in [0.25, 0.3) is 0 Å². The number of rotatable bonds is 9. The fraction of sp³-hybridized carbons (Fsp3) is 0.562. The Kier molecular flexibility index (Phi) is 7.79. The van der Waals surface area contributed by atoms with Gasteiger partial charge in [-0.1, -0.05) is 25.1 Å². The van der Waals surface area contributed by atoms with Crippen LogP contribution < -0.4 is 10.5 Å². The van der Waals surface area contributed by atoms with E-state index in [0.29, 0.717) is 19.7 Å². The van der Waals surface area contributed by atoms with Gasteiger partial charge < -0.3 is 15.4 Å². The van der Waals surface area contributed by atoms with Gasteiger partial charge in [0.05, 0.1) is 6.54 Å². The van der Waals surface area contributed by atoms with Crippen molar-refractivity contribution in [1.82, 2.24) is 9.80 Å². The molecule has 0 bridgehead atoms. The highest BCUT2D eigenvalue weighted by Crippen LogP contribution is 2.16. The Bertz CT molecular complexity index is 435. The van der Waals surface area contributed by atoms with Crippen molar-refractivity contribution in [2.24, 2.45) is 5.73 Å². The van der Waals surface area contributed by atoms with Crippen LogP contribution in [-0.4, -0.2) is 56.0 Å². The first-order valence-corrected chi connectivity index (χ1v) is 7.41. The van der Waals surface area contributed by atoms with Crippen LogP contribution in [0.3, 0.4) is 0 Å². The quantitative estimate of drug-likeness (QED) is 0.746. The van der Waals surface area contributed by atoms with Crippen molar-refractivity contribution in [2.45, 2.75) is 19.9 Å². The molecule has 1 aromatic rings. The van der Waals surface area contributed by atoms with E-state index in [1.165, 1.54) is 0 Å². The normalized spacial score (nSPS) is 10.7. The fourth-order valence-corrected chi connectivity index (χ4v) is 2.02. The van der Waals surface area contributed by atoms with E-state index < -0.39 is 0 Å². The zero-order chi connectivity index (χ0) is 15.7. The number of carbonyl (C=O) groups excluding carboxylic acids is 1. The molecule has 2 N–H and O–H groups in total. The summed E-state index contributed by atoms with van der Waals surface area (Å²) in [6.07, 6.45) is 1.01. The van der Waals surface area contributed by atoms with Gasteiger partial charge in [0.15, 0.2) is 0 Å². The highest BCUT2D eigenvalue weighted by Gasteiger charge is 2.11. The van der Waals surface area contributed by atoms with Gasteiger partial charge in [0, 0.05) is 32.7 Å². The van der Waals surface area contributed by atoms with Crippen molar-refractivity contribution in [1.29, 1.82) is 0 Å². The summed E-state index contributed by atoms with van der Waals surface area (Å²) < 4.78 is 5.80. The maximum atomic E-state index is 11.8. The summed E-state index contributed by atoms with van der Waals surface area (Å²) in [4.78, 5) is 15.5. The molecule has 1 aromatic carbocycles. The second kappa shape index (κ2) is 9.37. The summed E-state index contributed by atoms with van der Waals surface area (Å²) in [5.41, 5.74) is 6.69. The molecule has 118 valence electrons. The van der Waals surface area contributed by atoms with Crippen molar-refractivity contribution in [3.05, 3.63) is 29.8 Å². The summed E-state index contributed by atoms with van der Waals surface area (Å²) in [5.74, 6) is 0.946. The van der Waals surface area contributed by atoms with Crippen molar-refractivity contribution in [3.63, 3.8) is 0 Å². The molecule has 0 atom stereocenters. The Hall–Kier alpha value is -1.59. The molecular weight excluding hydrogens is 266 g/mol. The van der Waals surface area contributed by atoms with E-state index in [9.17, 15) is 4.79 Å². The molecule has 5 nitrogen and oxygen atoms in total. The molecule has 0 spiro atoms. The number of hydrogen-bond acceptors (Lipinski definition) is 4. The Morgan fingerprint density at radius 2 is 1.95 bits per heavy atom. The minimum absolute atomic E-state index is 0.116. The monoisotopic (exact) mass is 293 g/mol. The second-order valence-electron chi connectivity index (χ2n) is 5.22. The molecule has 0 radical (unpaired) electrons. The second-order valence-corrected chi connectivity index (χ2v) is 5.22. The molecule has 21 heavy (non-hydrogen) atoms. The number of para-hydroxylation sites is 1. The van der Waals surface area contributed by atoms with Crippen LogP contribution >= 0.6 is 0 Å². The third kappa shape index (κ3) is 6.14. The fourth-order valence-electron chi connectivity index (χ4n) is 2.02. The third-order valence-corrected chi connectivity index (χ3v) is 3.26. The molecule has 1 rings (SSSR count). The minimum Gasteiger partial charge on any atom is -0.492 e. The topological polar surface area (TPSA) is 58.8 Å². The number of hydrogen-bond donors (Lipinski definition) is 1. The molecule has 0 aromatic heterocycles. The first-order valence-electron chi connectivity index (χ1n) is 7.41. The van der Waals surface area contributed by atoms with Gasteiger partial charge >= 0.3 is 0 Å². The van der Waals surface area contributed by atoms with Gasteiger partial charge in [0.1, 0.15) is 12.4 Å². The zero-order valence-electron chi connectivity index (χ0n) is 13.3. The first kappa shape index (κ1) is 17.5. The van der Waals surface area contributed by atoms with Crippen LogP contribution in [-0.2, 0) is 11.3 Å². The maximum Gasteiger partial charge on any atom is 0.236 e. The maximum absolute atomic E-state index is 11.8. The van der Waals surface area contributed by atoms with Crippen LogP contribution in [0.15, 0.2) is 24.3 Å².